The number of rotatable bonds is 5. The first-order valence-electron chi connectivity index (χ1n) is 8.99. The fourth-order valence-corrected chi connectivity index (χ4v) is 3.58. The van der Waals surface area contributed by atoms with E-state index in [1.807, 2.05) is 48.5 Å². The third-order valence-corrected chi connectivity index (χ3v) is 5.09. The van der Waals surface area contributed by atoms with Crippen molar-refractivity contribution in [3.8, 4) is 5.75 Å². The molecule has 4 rings (SSSR count). The average Bonchev–Trinajstić information content (AvgIpc) is 3.08. The molecule has 1 saturated heterocycles. The van der Waals surface area contributed by atoms with Crippen molar-refractivity contribution < 1.29 is 13.9 Å². The van der Waals surface area contributed by atoms with E-state index in [1.54, 1.807) is 30.3 Å². The van der Waals surface area contributed by atoms with Crippen molar-refractivity contribution in [3.05, 3.63) is 101 Å². The van der Waals surface area contributed by atoms with Crippen LogP contribution < -0.4 is 10.1 Å². The van der Waals surface area contributed by atoms with Gasteiger partial charge in [0.2, 0.25) is 0 Å². The average molecular weight is 404 g/mol. The lowest BCUT2D eigenvalue weighted by Crippen LogP contribution is -2.19. The van der Waals surface area contributed by atoms with Gasteiger partial charge >= 0.3 is 0 Å². The van der Waals surface area contributed by atoms with Gasteiger partial charge in [-0.2, -0.15) is 0 Å². The standard InChI is InChI=1S/C23H17FN2O2S/c24-19-12-6-4-9-17(19)15-28-20-13-7-5-8-16(20)14-21-22(27)26-23(29-21)25-18-10-2-1-3-11-18/h1-14H,15H2,(H,25,26,27)/b21-14+. The Hall–Kier alpha value is -3.38. The summed E-state index contributed by atoms with van der Waals surface area (Å²) in [6.07, 6.45) is 1.75. The Morgan fingerprint density at radius 2 is 1.69 bits per heavy atom. The van der Waals surface area contributed by atoms with Crippen molar-refractivity contribution in [2.75, 3.05) is 0 Å². The highest BCUT2D eigenvalue weighted by atomic mass is 32.2. The van der Waals surface area contributed by atoms with Crippen molar-refractivity contribution in [3.63, 3.8) is 0 Å². The summed E-state index contributed by atoms with van der Waals surface area (Å²) in [4.78, 5) is 17.3. The summed E-state index contributed by atoms with van der Waals surface area (Å²) in [5.41, 5.74) is 1.98. The van der Waals surface area contributed by atoms with E-state index in [0.717, 1.165) is 11.3 Å². The second-order valence-corrected chi connectivity index (χ2v) is 7.27. The van der Waals surface area contributed by atoms with Crippen molar-refractivity contribution in [1.29, 1.82) is 0 Å². The number of benzene rings is 3. The number of ether oxygens (including phenoxy) is 1. The number of halogens is 1. The molecule has 1 aliphatic heterocycles. The van der Waals surface area contributed by atoms with Gasteiger partial charge in [0.05, 0.1) is 10.6 Å². The molecule has 0 aliphatic carbocycles. The van der Waals surface area contributed by atoms with Crippen LogP contribution in [0.4, 0.5) is 10.1 Å². The van der Waals surface area contributed by atoms with Gasteiger partial charge in [-0.3, -0.25) is 4.79 Å². The SMILES string of the molecule is O=C1NC(=Nc2ccccc2)S/C1=C/c1ccccc1OCc1ccccc1F. The molecule has 1 fully saturated rings. The zero-order valence-corrected chi connectivity index (χ0v) is 16.2. The number of nitrogens with one attached hydrogen (secondary N) is 1. The Morgan fingerprint density at radius 1 is 0.966 bits per heavy atom. The molecule has 6 heteroatoms. The lowest BCUT2D eigenvalue weighted by atomic mass is 10.1. The number of thioether (sulfide) groups is 1. The van der Waals surface area contributed by atoms with Crippen LogP contribution in [0.25, 0.3) is 6.08 Å². The Labute approximate surface area is 172 Å². The van der Waals surface area contributed by atoms with Crippen molar-refractivity contribution in [1.82, 2.24) is 5.32 Å². The van der Waals surface area contributed by atoms with E-state index in [0.29, 0.717) is 21.4 Å². The molecule has 144 valence electrons. The van der Waals surface area contributed by atoms with Gasteiger partial charge in [-0.15, -0.1) is 0 Å². The third-order valence-electron chi connectivity index (χ3n) is 4.18. The zero-order valence-electron chi connectivity index (χ0n) is 15.3. The summed E-state index contributed by atoms with van der Waals surface area (Å²) in [6, 6.07) is 23.3. The lowest BCUT2D eigenvalue weighted by molar-refractivity contribution is -0.115. The van der Waals surface area contributed by atoms with Crippen LogP contribution in [0, 0.1) is 5.82 Å². The van der Waals surface area contributed by atoms with Gasteiger partial charge in [0.15, 0.2) is 5.17 Å². The van der Waals surface area contributed by atoms with Crippen LogP contribution >= 0.6 is 11.8 Å². The largest absolute Gasteiger partial charge is 0.488 e. The summed E-state index contributed by atoms with van der Waals surface area (Å²) in [5, 5.41) is 3.30. The monoisotopic (exact) mass is 404 g/mol. The van der Waals surface area contributed by atoms with Gasteiger partial charge in [-0.05, 0) is 42.1 Å². The molecule has 3 aromatic rings. The van der Waals surface area contributed by atoms with Crippen LogP contribution in [0.15, 0.2) is 88.8 Å². The van der Waals surface area contributed by atoms with Gasteiger partial charge in [0.1, 0.15) is 18.2 Å². The van der Waals surface area contributed by atoms with E-state index in [4.69, 9.17) is 4.74 Å². The number of hydrogen-bond donors (Lipinski definition) is 1. The Balaban J connectivity index is 1.53. The lowest BCUT2D eigenvalue weighted by Gasteiger charge is -2.10. The Kier molecular flexibility index (Phi) is 5.72. The predicted molar refractivity (Wildman–Crippen MR) is 114 cm³/mol. The smallest absolute Gasteiger partial charge is 0.264 e. The number of nitrogens with zero attached hydrogens (tertiary/aromatic N) is 1. The van der Waals surface area contributed by atoms with Crippen LogP contribution in [0.1, 0.15) is 11.1 Å². The number of amides is 1. The van der Waals surface area contributed by atoms with Crippen LogP contribution in [-0.2, 0) is 11.4 Å². The quantitative estimate of drug-likeness (QED) is 0.588. The van der Waals surface area contributed by atoms with Crippen LogP contribution in [0.5, 0.6) is 5.75 Å². The van der Waals surface area contributed by atoms with Crippen LogP contribution in [-0.4, -0.2) is 11.1 Å². The predicted octanol–water partition coefficient (Wildman–Crippen LogP) is 5.30. The van der Waals surface area contributed by atoms with Crippen molar-refractivity contribution in [2.45, 2.75) is 6.61 Å². The van der Waals surface area contributed by atoms with E-state index in [9.17, 15) is 9.18 Å². The molecule has 0 atom stereocenters. The van der Waals surface area contributed by atoms with Gasteiger partial charge in [0.25, 0.3) is 5.91 Å². The highest BCUT2D eigenvalue weighted by Gasteiger charge is 2.24. The summed E-state index contributed by atoms with van der Waals surface area (Å²) in [7, 11) is 0. The van der Waals surface area contributed by atoms with Gasteiger partial charge in [-0.25, -0.2) is 9.38 Å². The molecule has 0 spiro atoms. The molecule has 0 bridgehead atoms. The summed E-state index contributed by atoms with van der Waals surface area (Å²) in [5.74, 6) is 0.0505. The van der Waals surface area contributed by atoms with Gasteiger partial charge < -0.3 is 10.1 Å². The summed E-state index contributed by atoms with van der Waals surface area (Å²) < 4.78 is 19.6. The van der Waals surface area contributed by atoms with E-state index in [-0.39, 0.29) is 18.3 Å². The molecule has 0 radical (unpaired) electrons. The van der Waals surface area contributed by atoms with E-state index in [1.165, 1.54) is 17.8 Å². The first-order chi connectivity index (χ1) is 14.2. The van der Waals surface area contributed by atoms with E-state index < -0.39 is 0 Å². The minimum atomic E-state index is -0.309. The molecular formula is C23H17FN2O2S. The normalized spacial score (nSPS) is 16.2. The summed E-state index contributed by atoms with van der Waals surface area (Å²) >= 11 is 1.27. The molecule has 0 saturated carbocycles. The Bertz CT molecular complexity index is 1100. The third kappa shape index (κ3) is 4.73. The number of amidine groups is 1. The number of hydrogen-bond acceptors (Lipinski definition) is 4. The number of para-hydroxylation sites is 2. The molecule has 0 aromatic heterocycles. The number of carbonyl (C=O) groups excluding carboxylic acids is 1. The number of carbonyl (C=O) groups is 1. The zero-order chi connectivity index (χ0) is 20.1. The molecule has 4 nitrogen and oxygen atoms in total. The van der Waals surface area contributed by atoms with Gasteiger partial charge in [0, 0.05) is 11.1 Å². The fourth-order valence-electron chi connectivity index (χ4n) is 2.74. The second kappa shape index (κ2) is 8.75. The fraction of sp³-hybridized carbons (Fsp3) is 0.0435. The summed E-state index contributed by atoms with van der Waals surface area (Å²) in [6.45, 7) is 0.104. The van der Waals surface area contributed by atoms with E-state index in [2.05, 4.69) is 10.3 Å². The van der Waals surface area contributed by atoms with Crippen LogP contribution in [0.2, 0.25) is 0 Å². The highest BCUT2D eigenvalue weighted by Crippen LogP contribution is 2.30. The van der Waals surface area contributed by atoms with Crippen molar-refractivity contribution >= 4 is 34.6 Å². The van der Waals surface area contributed by atoms with Crippen molar-refractivity contribution in [2.24, 2.45) is 4.99 Å². The molecule has 29 heavy (non-hydrogen) atoms. The molecular weight excluding hydrogens is 387 g/mol. The maximum Gasteiger partial charge on any atom is 0.264 e. The first-order valence-corrected chi connectivity index (χ1v) is 9.80. The first kappa shape index (κ1) is 19.0. The maximum absolute atomic E-state index is 13.8. The molecule has 1 amide bonds. The molecule has 0 unspecified atom stereocenters. The molecule has 1 heterocycles. The highest BCUT2D eigenvalue weighted by molar-refractivity contribution is 8.18. The van der Waals surface area contributed by atoms with E-state index >= 15 is 0 Å². The minimum Gasteiger partial charge on any atom is -0.488 e. The van der Waals surface area contributed by atoms with Crippen LogP contribution in [0.3, 0.4) is 0 Å². The Morgan fingerprint density at radius 3 is 2.52 bits per heavy atom. The molecule has 1 N–H and O–H groups in total. The second-order valence-electron chi connectivity index (χ2n) is 6.24. The maximum atomic E-state index is 13.8. The molecule has 1 aliphatic rings. The minimum absolute atomic E-state index is 0.104. The topological polar surface area (TPSA) is 50.7 Å². The van der Waals surface area contributed by atoms with Gasteiger partial charge in [-0.1, -0.05) is 54.6 Å². The number of aliphatic imine (C=N–C) groups is 1. The molecule has 3 aromatic carbocycles.